The van der Waals surface area contributed by atoms with Crippen LogP contribution in [0.3, 0.4) is 0 Å². The molecule has 1 unspecified atom stereocenters. The fourth-order valence-corrected chi connectivity index (χ4v) is 10.9. The normalized spacial score (nSPS) is 16.8. The zero-order chi connectivity index (χ0) is 32.5. The van der Waals surface area contributed by atoms with Crippen molar-refractivity contribution in [1.29, 1.82) is 0 Å². The molecule has 1 heterocycles. The van der Waals surface area contributed by atoms with Gasteiger partial charge in [-0.05, 0) is 56.8 Å². The van der Waals surface area contributed by atoms with Crippen LogP contribution >= 0.6 is 7.14 Å². The van der Waals surface area contributed by atoms with Gasteiger partial charge in [-0.1, -0.05) is 152 Å². The Kier molecular flexibility index (Phi) is 6.22. The second-order valence-electron chi connectivity index (χ2n) is 12.8. The van der Waals surface area contributed by atoms with Gasteiger partial charge in [-0.25, -0.2) is 9.97 Å². The van der Waals surface area contributed by atoms with E-state index in [-0.39, 0.29) is 5.92 Å². The molecule has 0 spiro atoms. The number of rotatable bonds is 5. The summed E-state index contributed by atoms with van der Waals surface area (Å²) in [7, 11) is -3.37. The van der Waals surface area contributed by atoms with Gasteiger partial charge in [-0.15, -0.1) is 0 Å². The van der Waals surface area contributed by atoms with Gasteiger partial charge in [0.1, 0.15) is 0 Å². The van der Waals surface area contributed by atoms with Crippen molar-refractivity contribution in [1.82, 2.24) is 9.97 Å². The topological polar surface area (TPSA) is 42.9 Å². The molecule has 0 radical (unpaired) electrons. The minimum Gasteiger partial charge on any atom is -0.309 e. The van der Waals surface area contributed by atoms with E-state index in [0.717, 1.165) is 65.2 Å². The van der Waals surface area contributed by atoms with E-state index in [1.807, 2.05) is 91.0 Å². The number of nitrogens with zero attached hydrogens (tertiary/aromatic N) is 2. The van der Waals surface area contributed by atoms with Crippen LogP contribution in [0, 0.1) is 5.92 Å². The Labute approximate surface area is 284 Å². The maximum atomic E-state index is 16.2. The van der Waals surface area contributed by atoms with Crippen molar-refractivity contribution >= 4 is 61.2 Å². The molecule has 3 aliphatic carbocycles. The lowest BCUT2D eigenvalue weighted by Crippen LogP contribution is -2.26. The highest BCUT2D eigenvalue weighted by molar-refractivity contribution is 7.85. The molecule has 0 amide bonds. The summed E-state index contributed by atoms with van der Waals surface area (Å²) in [6.07, 6.45) is 17.7. The number of aromatic nitrogens is 2. The molecule has 1 aromatic heterocycles. The molecule has 0 bridgehead atoms. The summed E-state index contributed by atoms with van der Waals surface area (Å²) >= 11 is 0. The van der Waals surface area contributed by atoms with Gasteiger partial charge in [0.15, 0.2) is 13.0 Å². The predicted octanol–water partition coefficient (Wildman–Crippen LogP) is 9.61. The first-order valence-electron chi connectivity index (χ1n) is 16.6. The lowest BCUT2D eigenvalue weighted by atomic mass is 9.72. The molecule has 3 aliphatic rings. The van der Waals surface area contributed by atoms with E-state index in [1.54, 1.807) is 0 Å². The van der Waals surface area contributed by atoms with Crippen molar-refractivity contribution in [3.63, 3.8) is 0 Å². The van der Waals surface area contributed by atoms with Crippen LogP contribution in [0.5, 0.6) is 0 Å². The summed E-state index contributed by atoms with van der Waals surface area (Å²) in [6, 6.07) is 40.9. The van der Waals surface area contributed by atoms with Crippen molar-refractivity contribution in [3.8, 4) is 11.4 Å². The first-order chi connectivity index (χ1) is 24.2. The van der Waals surface area contributed by atoms with Crippen LogP contribution in [-0.2, 0) is 4.57 Å². The summed E-state index contributed by atoms with van der Waals surface area (Å²) in [4.78, 5) is 10.2. The second kappa shape index (κ2) is 10.8. The Morgan fingerprint density at radius 2 is 1.14 bits per heavy atom. The smallest absolute Gasteiger partial charge is 0.171 e. The molecule has 230 valence electrons. The van der Waals surface area contributed by atoms with E-state index in [2.05, 4.69) is 78.9 Å². The predicted molar refractivity (Wildman–Crippen MR) is 205 cm³/mol. The third-order valence-corrected chi connectivity index (χ3v) is 13.3. The van der Waals surface area contributed by atoms with Gasteiger partial charge >= 0.3 is 0 Å². The van der Waals surface area contributed by atoms with Crippen molar-refractivity contribution in [2.24, 2.45) is 5.92 Å². The number of benzene rings is 6. The zero-order valence-electron chi connectivity index (χ0n) is 26.5. The fraction of sp³-hybridized carbons (Fsp3) is 0.0222. The number of hydrogen-bond acceptors (Lipinski definition) is 3. The van der Waals surface area contributed by atoms with Crippen LogP contribution in [-0.4, -0.2) is 9.97 Å². The van der Waals surface area contributed by atoms with Gasteiger partial charge in [0.25, 0.3) is 0 Å². The van der Waals surface area contributed by atoms with Gasteiger partial charge in [0, 0.05) is 38.2 Å². The Bertz CT molecular complexity index is 2650. The third-order valence-electron chi connectivity index (χ3n) is 10.2. The summed E-state index contributed by atoms with van der Waals surface area (Å²) in [5.41, 5.74) is 8.78. The van der Waals surface area contributed by atoms with E-state index in [9.17, 15) is 0 Å². The highest BCUT2D eigenvalue weighted by Gasteiger charge is 2.35. The fourth-order valence-electron chi connectivity index (χ4n) is 7.98. The number of hydrogen-bond donors (Lipinski definition) is 0. The minimum absolute atomic E-state index is 0.170. The van der Waals surface area contributed by atoms with Crippen molar-refractivity contribution < 1.29 is 4.57 Å². The summed E-state index contributed by atoms with van der Waals surface area (Å²) in [6.45, 7) is 0. The molecule has 10 rings (SSSR count). The minimum atomic E-state index is -3.37. The van der Waals surface area contributed by atoms with Gasteiger partial charge in [0.05, 0.1) is 11.0 Å². The molecule has 7 aromatic rings. The largest absolute Gasteiger partial charge is 0.309 e. The van der Waals surface area contributed by atoms with Crippen molar-refractivity contribution in [2.75, 3.05) is 0 Å². The van der Waals surface area contributed by atoms with Crippen LogP contribution in [0.15, 0.2) is 187 Å². The van der Waals surface area contributed by atoms with Gasteiger partial charge in [0.2, 0.25) is 0 Å². The number of allylic oxidation sites excluding steroid dienone is 12. The van der Waals surface area contributed by atoms with Crippen molar-refractivity contribution in [2.45, 2.75) is 0 Å². The Hall–Kier alpha value is -5.89. The SMILES string of the molecule is O=P(c1ccccc1)(c1ccccc1)c1cc(C2=C3C=CC=C4C=CC=C(C=C2)C43)c2ccc3nc(-c4ccccc4)nc4ccc1c2c34. The maximum Gasteiger partial charge on any atom is 0.171 e. The molecular formula is C45H29N2OP. The zero-order valence-corrected chi connectivity index (χ0v) is 27.4. The lowest BCUT2D eigenvalue weighted by molar-refractivity contribution is 0.592. The quantitative estimate of drug-likeness (QED) is 0.138. The average molecular weight is 645 g/mol. The van der Waals surface area contributed by atoms with Crippen LogP contribution in [0.1, 0.15) is 5.56 Å². The average Bonchev–Trinajstić information content (AvgIpc) is 3.18. The Morgan fingerprint density at radius 3 is 1.82 bits per heavy atom. The molecule has 0 fully saturated rings. The van der Waals surface area contributed by atoms with Crippen molar-refractivity contribution in [3.05, 3.63) is 192 Å². The van der Waals surface area contributed by atoms with E-state index in [0.29, 0.717) is 5.82 Å². The molecule has 0 saturated heterocycles. The van der Waals surface area contributed by atoms with Gasteiger partial charge in [-0.2, -0.15) is 0 Å². The molecule has 0 aliphatic heterocycles. The molecule has 6 aromatic carbocycles. The van der Waals surface area contributed by atoms with Crippen LogP contribution in [0.2, 0.25) is 0 Å². The van der Waals surface area contributed by atoms with Crippen LogP contribution in [0.25, 0.3) is 49.5 Å². The highest BCUT2D eigenvalue weighted by Crippen LogP contribution is 2.50. The Balaban J connectivity index is 1.35. The molecule has 0 N–H and O–H groups in total. The summed E-state index contributed by atoms with van der Waals surface area (Å²) < 4.78 is 16.2. The van der Waals surface area contributed by atoms with Gasteiger partial charge < -0.3 is 4.57 Å². The third kappa shape index (κ3) is 4.19. The van der Waals surface area contributed by atoms with E-state index in [1.165, 1.54) is 16.7 Å². The first kappa shape index (κ1) is 28.2. The van der Waals surface area contributed by atoms with E-state index < -0.39 is 7.14 Å². The maximum absolute atomic E-state index is 16.2. The summed E-state index contributed by atoms with van der Waals surface area (Å²) in [5, 5.41) is 6.58. The molecule has 0 saturated carbocycles. The van der Waals surface area contributed by atoms with Crippen LogP contribution in [0.4, 0.5) is 0 Å². The molecule has 1 atom stereocenters. The van der Waals surface area contributed by atoms with Gasteiger partial charge in [-0.3, -0.25) is 0 Å². The Morgan fingerprint density at radius 1 is 0.551 bits per heavy atom. The monoisotopic (exact) mass is 644 g/mol. The summed E-state index contributed by atoms with van der Waals surface area (Å²) in [5.74, 6) is 0.867. The van der Waals surface area contributed by atoms with E-state index >= 15 is 4.57 Å². The highest BCUT2D eigenvalue weighted by atomic mass is 31.2. The standard InChI is InChI=1S/C45H29N2OP/c48-49(32-17-6-2-7-18-32,33-19-8-3-9-20-33)41-28-38(34-23-22-30-15-10-14-29-16-11-21-35(34)42(29)30)36-24-26-39-44-40(27-25-37(41)43(36)44)47-45(46-39)31-12-4-1-5-13-31/h1-28,42H. The van der Waals surface area contributed by atoms with E-state index in [4.69, 9.17) is 9.97 Å². The molecular weight excluding hydrogens is 615 g/mol. The molecule has 49 heavy (non-hydrogen) atoms. The second-order valence-corrected chi connectivity index (χ2v) is 15.6. The van der Waals surface area contributed by atoms with Crippen LogP contribution < -0.4 is 15.9 Å². The lowest BCUT2D eigenvalue weighted by Gasteiger charge is -2.32. The first-order valence-corrected chi connectivity index (χ1v) is 18.4. The molecule has 3 nitrogen and oxygen atoms in total. The molecule has 4 heteroatoms.